The maximum absolute atomic E-state index is 11.9. The maximum atomic E-state index is 11.9. The molecule has 0 saturated heterocycles. The van der Waals surface area contributed by atoms with Crippen LogP contribution >= 0.6 is 7.82 Å². The van der Waals surface area contributed by atoms with Gasteiger partial charge in [0.15, 0.2) is 0 Å². The highest BCUT2D eigenvalue weighted by Crippen LogP contribution is 2.44. The molecule has 0 spiro atoms. The monoisotopic (exact) mass is 459 g/mol. The number of phosphoric acid groups is 1. The van der Waals surface area contributed by atoms with Crippen LogP contribution in [0.3, 0.4) is 0 Å². The smallest absolute Gasteiger partial charge is 0.404 e. The van der Waals surface area contributed by atoms with Gasteiger partial charge in [-0.1, -0.05) is 84.0 Å². The molecule has 8 nitrogen and oxygen atoms in total. The van der Waals surface area contributed by atoms with Crippen LogP contribution in [0.4, 0.5) is 5.69 Å². The van der Waals surface area contributed by atoms with E-state index < -0.39 is 18.8 Å². The van der Waals surface area contributed by atoms with Crippen molar-refractivity contribution >= 4 is 13.5 Å². The molecule has 0 amide bonds. The normalized spacial score (nSPS) is 14.2. The number of unbranched alkanes of at least 4 members (excludes halogenated alkanes) is 11. The number of rotatable bonds is 19. The summed E-state index contributed by atoms with van der Waals surface area (Å²) in [6.45, 7) is 1.93. The van der Waals surface area contributed by atoms with Crippen LogP contribution in [-0.4, -0.2) is 27.6 Å². The third-order valence-electron chi connectivity index (χ3n) is 5.09. The first-order chi connectivity index (χ1) is 14.8. The molecule has 1 aromatic carbocycles. The van der Waals surface area contributed by atoms with Crippen LogP contribution in [0.25, 0.3) is 0 Å². The van der Waals surface area contributed by atoms with E-state index in [1.807, 2.05) is 0 Å². The van der Waals surface area contributed by atoms with E-state index in [9.17, 15) is 24.7 Å². The topological polar surface area (TPSA) is 119 Å². The van der Waals surface area contributed by atoms with E-state index in [0.29, 0.717) is 6.42 Å². The molecule has 2 unspecified atom stereocenters. The van der Waals surface area contributed by atoms with Gasteiger partial charge in [0.05, 0.1) is 17.6 Å². The minimum Gasteiger partial charge on any atom is -0.404 e. The zero-order valence-corrected chi connectivity index (χ0v) is 19.5. The van der Waals surface area contributed by atoms with Crippen molar-refractivity contribution < 1.29 is 28.5 Å². The molecule has 1 aromatic rings. The molecule has 2 N–H and O–H groups in total. The molecular weight excluding hydrogens is 421 g/mol. The van der Waals surface area contributed by atoms with E-state index in [-0.39, 0.29) is 18.0 Å². The number of nitro benzene ring substituents is 1. The van der Waals surface area contributed by atoms with E-state index in [0.717, 1.165) is 31.4 Å². The van der Waals surface area contributed by atoms with Crippen molar-refractivity contribution in [1.82, 2.24) is 0 Å². The van der Waals surface area contributed by atoms with Gasteiger partial charge in [0, 0.05) is 12.1 Å². The molecule has 0 fully saturated rings. The number of nitro groups is 1. The van der Waals surface area contributed by atoms with E-state index in [1.165, 1.54) is 69.9 Å². The Bertz CT molecular complexity index is 654. The summed E-state index contributed by atoms with van der Waals surface area (Å²) in [6.07, 6.45) is 14.4. The van der Waals surface area contributed by atoms with Crippen LogP contribution in [0.5, 0.6) is 5.75 Å². The molecule has 0 aliphatic heterocycles. The van der Waals surface area contributed by atoms with Gasteiger partial charge in [-0.3, -0.25) is 19.5 Å². The molecule has 0 heterocycles. The maximum Gasteiger partial charge on any atom is 0.527 e. The van der Waals surface area contributed by atoms with E-state index in [1.54, 1.807) is 0 Å². The van der Waals surface area contributed by atoms with Gasteiger partial charge in [-0.05, 0) is 18.6 Å². The lowest BCUT2D eigenvalue weighted by Gasteiger charge is -2.15. The molecule has 0 aromatic heterocycles. The second-order valence-electron chi connectivity index (χ2n) is 7.94. The van der Waals surface area contributed by atoms with Crippen molar-refractivity contribution in [1.29, 1.82) is 0 Å². The number of nitrogens with zero attached hydrogens (tertiary/aromatic N) is 1. The second kappa shape index (κ2) is 16.2. The highest BCUT2D eigenvalue weighted by Gasteiger charge is 2.24. The van der Waals surface area contributed by atoms with Crippen LogP contribution in [0.1, 0.15) is 90.4 Å². The van der Waals surface area contributed by atoms with Gasteiger partial charge in [-0.25, -0.2) is 4.57 Å². The average Bonchev–Trinajstić information content (AvgIpc) is 2.73. The quantitative estimate of drug-likeness (QED) is 0.104. The van der Waals surface area contributed by atoms with Gasteiger partial charge in [0.2, 0.25) is 0 Å². The molecule has 0 aliphatic carbocycles. The molecule has 178 valence electrons. The number of phosphoric ester groups is 1. The van der Waals surface area contributed by atoms with Gasteiger partial charge in [0.1, 0.15) is 5.75 Å². The molecule has 2 atom stereocenters. The molecular formula is C22H38NO7P. The fraction of sp³-hybridized carbons (Fsp3) is 0.727. The summed E-state index contributed by atoms with van der Waals surface area (Å²) in [5.41, 5.74) is -0.154. The Labute approximate surface area is 185 Å². The molecule has 0 radical (unpaired) electrons. The number of aliphatic hydroxyl groups is 1. The van der Waals surface area contributed by atoms with Crippen LogP contribution in [-0.2, 0) is 9.09 Å². The lowest BCUT2D eigenvalue weighted by molar-refractivity contribution is -0.384. The van der Waals surface area contributed by atoms with Crippen LogP contribution in [0, 0.1) is 10.1 Å². The Balaban J connectivity index is 2.06. The summed E-state index contributed by atoms with van der Waals surface area (Å²) in [6, 6.07) is 4.76. The highest BCUT2D eigenvalue weighted by molar-refractivity contribution is 7.47. The van der Waals surface area contributed by atoms with E-state index >= 15 is 0 Å². The van der Waals surface area contributed by atoms with Gasteiger partial charge >= 0.3 is 7.82 Å². The van der Waals surface area contributed by atoms with Crippen LogP contribution < -0.4 is 4.52 Å². The molecule has 0 bridgehead atoms. The number of hydrogen-bond acceptors (Lipinski definition) is 6. The first kappa shape index (κ1) is 27.6. The Kier molecular flexibility index (Phi) is 14.4. The molecule has 0 saturated carbocycles. The van der Waals surface area contributed by atoms with Crippen molar-refractivity contribution in [3.63, 3.8) is 0 Å². The summed E-state index contributed by atoms with van der Waals surface area (Å²) in [5.74, 6) is -0.0214. The van der Waals surface area contributed by atoms with Crippen LogP contribution in [0.2, 0.25) is 0 Å². The minimum atomic E-state index is -4.41. The molecule has 31 heavy (non-hydrogen) atoms. The minimum absolute atomic E-state index is 0.0214. The van der Waals surface area contributed by atoms with Gasteiger partial charge < -0.3 is 9.63 Å². The summed E-state index contributed by atoms with van der Waals surface area (Å²) in [5, 5.41) is 20.6. The predicted octanol–water partition coefficient (Wildman–Crippen LogP) is 6.54. The molecule has 9 heteroatoms. The van der Waals surface area contributed by atoms with Crippen molar-refractivity contribution in [3.05, 3.63) is 34.4 Å². The average molecular weight is 460 g/mol. The number of aliphatic hydroxyl groups excluding tert-OH is 1. The predicted molar refractivity (Wildman–Crippen MR) is 121 cm³/mol. The zero-order valence-electron chi connectivity index (χ0n) is 18.6. The Morgan fingerprint density at radius 1 is 0.935 bits per heavy atom. The highest BCUT2D eigenvalue weighted by atomic mass is 31.2. The lowest BCUT2D eigenvalue weighted by atomic mass is 10.0. The lowest BCUT2D eigenvalue weighted by Crippen LogP contribution is -2.15. The second-order valence-corrected chi connectivity index (χ2v) is 9.32. The standard InChI is InChI=1S/C22H38NO7P/c1-2-3-4-5-6-7-8-9-10-11-12-13-14-21(24)19-29-31(27,28)30-22-17-15-20(16-18-22)23(25)26/h15-18,21,24H,2-14,19H2,1H3,(H,27,28). The molecule has 1 rings (SSSR count). The summed E-state index contributed by atoms with van der Waals surface area (Å²) >= 11 is 0. The fourth-order valence-electron chi connectivity index (χ4n) is 3.27. The van der Waals surface area contributed by atoms with Gasteiger partial charge in [0.25, 0.3) is 5.69 Å². The van der Waals surface area contributed by atoms with Crippen molar-refractivity contribution in [2.45, 2.75) is 96.5 Å². The summed E-state index contributed by atoms with van der Waals surface area (Å²) in [4.78, 5) is 19.8. The Morgan fingerprint density at radius 3 is 1.90 bits per heavy atom. The van der Waals surface area contributed by atoms with Gasteiger partial charge in [-0.15, -0.1) is 0 Å². The number of hydrogen-bond donors (Lipinski definition) is 2. The summed E-state index contributed by atoms with van der Waals surface area (Å²) < 4.78 is 21.6. The van der Waals surface area contributed by atoms with Crippen molar-refractivity contribution in [2.75, 3.05) is 6.61 Å². The van der Waals surface area contributed by atoms with Gasteiger partial charge in [-0.2, -0.15) is 0 Å². The fourth-order valence-corrected chi connectivity index (χ4v) is 4.07. The van der Waals surface area contributed by atoms with Crippen molar-refractivity contribution in [3.8, 4) is 5.75 Å². The Hall–Kier alpha value is -1.47. The van der Waals surface area contributed by atoms with Crippen molar-refractivity contribution in [2.24, 2.45) is 0 Å². The third-order valence-corrected chi connectivity index (χ3v) is 6.01. The third kappa shape index (κ3) is 14.3. The molecule has 0 aliphatic rings. The SMILES string of the molecule is CCCCCCCCCCCCCCC(O)COP(=O)(O)Oc1ccc([N+](=O)[O-])cc1. The van der Waals surface area contributed by atoms with Crippen LogP contribution in [0.15, 0.2) is 24.3 Å². The summed E-state index contributed by atoms with van der Waals surface area (Å²) in [7, 11) is -4.41. The number of benzene rings is 1. The van der Waals surface area contributed by atoms with E-state index in [2.05, 4.69) is 6.92 Å². The first-order valence-electron chi connectivity index (χ1n) is 11.4. The Morgan fingerprint density at radius 2 is 1.42 bits per heavy atom. The number of non-ortho nitro benzene ring substituents is 1. The largest absolute Gasteiger partial charge is 0.527 e. The van der Waals surface area contributed by atoms with E-state index in [4.69, 9.17) is 9.05 Å². The zero-order chi connectivity index (χ0) is 23.0. The first-order valence-corrected chi connectivity index (χ1v) is 12.9.